The second kappa shape index (κ2) is 6.36. The van der Waals surface area contributed by atoms with Crippen LogP contribution in [-0.4, -0.2) is 24.8 Å². The van der Waals surface area contributed by atoms with Crippen LogP contribution in [0.25, 0.3) is 0 Å². The number of benzene rings is 1. The van der Waals surface area contributed by atoms with Gasteiger partial charge in [0.1, 0.15) is 6.04 Å². The maximum absolute atomic E-state index is 12.4. The first kappa shape index (κ1) is 14.3. The van der Waals surface area contributed by atoms with Crippen molar-refractivity contribution in [2.45, 2.75) is 37.7 Å². The van der Waals surface area contributed by atoms with Crippen LogP contribution >= 0.6 is 0 Å². The largest absolute Gasteiger partial charge is 0.403 e. The molecule has 0 spiro atoms. The average molecular weight is 274 g/mol. The third-order valence-corrected chi connectivity index (χ3v) is 3.14. The van der Waals surface area contributed by atoms with Crippen molar-refractivity contribution in [2.75, 3.05) is 6.54 Å². The summed E-state index contributed by atoms with van der Waals surface area (Å²) in [6, 6.07) is 8.13. The molecular weight excluding hydrogens is 257 g/mol. The van der Waals surface area contributed by atoms with E-state index >= 15 is 0 Å². The zero-order valence-corrected chi connectivity index (χ0v) is 10.4. The van der Waals surface area contributed by atoms with Gasteiger partial charge in [-0.05, 0) is 18.4 Å². The second-order valence-electron chi connectivity index (χ2n) is 4.67. The molecular formula is C13H17F3N2O. The number of piperidine rings is 1. The average Bonchev–Trinajstić information content (AvgIpc) is 2.39. The first-order chi connectivity index (χ1) is 9.05. The van der Waals surface area contributed by atoms with E-state index in [1.807, 2.05) is 30.3 Å². The lowest BCUT2D eigenvalue weighted by molar-refractivity contribution is -0.163. The summed E-state index contributed by atoms with van der Waals surface area (Å²) in [6.07, 6.45) is -3.63. The highest BCUT2D eigenvalue weighted by molar-refractivity contribution is 5.13. The Morgan fingerprint density at radius 1 is 1.21 bits per heavy atom. The molecule has 0 bridgehead atoms. The summed E-state index contributed by atoms with van der Waals surface area (Å²) < 4.78 is 37.3. The Hall–Kier alpha value is -1.11. The van der Waals surface area contributed by atoms with Crippen molar-refractivity contribution in [3.8, 4) is 0 Å². The van der Waals surface area contributed by atoms with Gasteiger partial charge in [0.25, 0.3) is 0 Å². The number of halogens is 3. The Bertz CT molecular complexity index is 375. The van der Waals surface area contributed by atoms with Crippen LogP contribution < -0.4 is 10.8 Å². The van der Waals surface area contributed by atoms with Crippen LogP contribution in [0.4, 0.5) is 13.2 Å². The molecule has 1 aromatic carbocycles. The van der Waals surface area contributed by atoms with Gasteiger partial charge in [-0.3, -0.25) is 4.84 Å². The molecule has 1 aromatic rings. The number of rotatable bonds is 4. The summed E-state index contributed by atoms with van der Waals surface area (Å²) in [5.41, 5.74) is 3.83. The van der Waals surface area contributed by atoms with Gasteiger partial charge in [-0.2, -0.15) is 18.7 Å². The summed E-state index contributed by atoms with van der Waals surface area (Å²) >= 11 is 0. The third kappa shape index (κ3) is 4.49. The molecule has 2 rings (SSSR count). The van der Waals surface area contributed by atoms with Gasteiger partial charge < -0.3 is 5.32 Å². The maximum atomic E-state index is 12.4. The van der Waals surface area contributed by atoms with Crippen molar-refractivity contribution in [1.29, 1.82) is 0 Å². The van der Waals surface area contributed by atoms with Crippen molar-refractivity contribution >= 4 is 0 Å². The van der Waals surface area contributed by atoms with E-state index in [0.29, 0.717) is 13.0 Å². The van der Waals surface area contributed by atoms with Gasteiger partial charge in [0, 0.05) is 12.6 Å². The standard InChI is InChI=1S/C13H17F3N2O/c14-13(15,16)12-7-6-11(8-17-12)18-19-9-10-4-2-1-3-5-10/h1-5,11-12,17-18H,6-9H2/t11-,12+/m1/s1. The molecule has 0 radical (unpaired) electrons. The topological polar surface area (TPSA) is 33.3 Å². The normalized spacial score (nSPS) is 24.4. The second-order valence-corrected chi connectivity index (χ2v) is 4.67. The molecule has 0 amide bonds. The van der Waals surface area contributed by atoms with Crippen molar-refractivity contribution < 1.29 is 18.0 Å². The van der Waals surface area contributed by atoms with E-state index in [-0.39, 0.29) is 19.0 Å². The lowest BCUT2D eigenvalue weighted by Gasteiger charge is -2.31. The molecule has 3 nitrogen and oxygen atoms in total. The highest BCUT2D eigenvalue weighted by Crippen LogP contribution is 2.26. The van der Waals surface area contributed by atoms with Gasteiger partial charge >= 0.3 is 6.18 Å². The number of nitrogens with one attached hydrogen (secondary N) is 2. The number of hydrogen-bond donors (Lipinski definition) is 2. The van der Waals surface area contributed by atoms with Crippen molar-refractivity contribution in [1.82, 2.24) is 10.8 Å². The molecule has 2 atom stereocenters. The van der Waals surface area contributed by atoms with Gasteiger partial charge in [-0.1, -0.05) is 30.3 Å². The highest BCUT2D eigenvalue weighted by Gasteiger charge is 2.41. The van der Waals surface area contributed by atoms with Gasteiger partial charge in [0.2, 0.25) is 0 Å². The zero-order valence-electron chi connectivity index (χ0n) is 10.4. The molecule has 0 saturated carbocycles. The van der Waals surface area contributed by atoms with Crippen LogP contribution in [0, 0.1) is 0 Å². The fraction of sp³-hybridized carbons (Fsp3) is 0.538. The molecule has 0 aliphatic carbocycles. The molecule has 1 aliphatic heterocycles. The number of alkyl halides is 3. The molecule has 0 aromatic heterocycles. The minimum atomic E-state index is -4.16. The van der Waals surface area contributed by atoms with Gasteiger partial charge in [0.15, 0.2) is 0 Å². The minimum Gasteiger partial charge on any atom is -0.305 e. The molecule has 1 saturated heterocycles. The van der Waals surface area contributed by atoms with E-state index in [9.17, 15) is 13.2 Å². The first-order valence-corrected chi connectivity index (χ1v) is 6.27. The van der Waals surface area contributed by atoms with Gasteiger partial charge in [0.05, 0.1) is 6.61 Å². The fourth-order valence-corrected chi connectivity index (χ4v) is 2.05. The maximum Gasteiger partial charge on any atom is 0.403 e. The van der Waals surface area contributed by atoms with Gasteiger partial charge in [-0.15, -0.1) is 0 Å². The third-order valence-electron chi connectivity index (χ3n) is 3.14. The number of hydroxylamine groups is 1. The highest BCUT2D eigenvalue weighted by atomic mass is 19.4. The SMILES string of the molecule is FC(F)(F)[C@@H]1CC[C@@H](NOCc2ccccc2)CN1. The zero-order chi connectivity index (χ0) is 13.7. The Morgan fingerprint density at radius 3 is 2.53 bits per heavy atom. The Labute approximate surface area is 110 Å². The monoisotopic (exact) mass is 274 g/mol. The predicted molar refractivity (Wildman–Crippen MR) is 65.2 cm³/mol. The van der Waals surface area contributed by atoms with E-state index in [0.717, 1.165) is 5.56 Å². The molecule has 1 aliphatic rings. The van der Waals surface area contributed by atoms with E-state index in [4.69, 9.17) is 4.84 Å². The van der Waals surface area contributed by atoms with Crippen molar-refractivity contribution in [3.05, 3.63) is 35.9 Å². The molecule has 106 valence electrons. The van der Waals surface area contributed by atoms with Crippen LogP contribution in [0.1, 0.15) is 18.4 Å². The van der Waals surface area contributed by atoms with Crippen molar-refractivity contribution in [3.63, 3.8) is 0 Å². The summed E-state index contributed by atoms with van der Waals surface area (Å²) in [5.74, 6) is 0. The van der Waals surface area contributed by atoms with E-state index < -0.39 is 12.2 Å². The number of hydrogen-bond acceptors (Lipinski definition) is 3. The summed E-state index contributed by atoms with van der Waals surface area (Å²) in [7, 11) is 0. The summed E-state index contributed by atoms with van der Waals surface area (Å²) in [4.78, 5) is 5.31. The first-order valence-electron chi connectivity index (χ1n) is 6.27. The molecule has 0 unspecified atom stereocenters. The smallest absolute Gasteiger partial charge is 0.305 e. The van der Waals surface area contributed by atoms with Crippen LogP contribution in [0.2, 0.25) is 0 Å². The summed E-state index contributed by atoms with van der Waals surface area (Å²) in [5, 5.41) is 2.49. The fourth-order valence-electron chi connectivity index (χ4n) is 2.05. The minimum absolute atomic E-state index is 0.0792. The summed E-state index contributed by atoms with van der Waals surface area (Å²) in [6.45, 7) is 0.666. The van der Waals surface area contributed by atoms with Crippen molar-refractivity contribution in [2.24, 2.45) is 0 Å². The molecule has 2 N–H and O–H groups in total. The Morgan fingerprint density at radius 2 is 1.95 bits per heavy atom. The Balaban J connectivity index is 1.66. The predicted octanol–water partition coefficient (Wildman–Crippen LogP) is 2.39. The quantitative estimate of drug-likeness (QED) is 0.827. The lowest BCUT2D eigenvalue weighted by atomic mass is 10.0. The van der Waals surface area contributed by atoms with E-state index in [1.165, 1.54) is 0 Å². The van der Waals surface area contributed by atoms with Gasteiger partial charge in [-0.25, -0.2) is 0 Å². The van der Waals surface area contributed by atoms with E-state index in [1.54, 1.807) is 0 Å². The molecule has 1 fully saturated rings. The van der Waals surface area contributed by atoms with E-state index in [2.05, 4.69) is 10.8 Å². The molecule has 6 heteroatoms. The lowest BCUT2D eigenvalue weighted by Crippen LogP contribution is -2.53. The Kier molecular flexibility index (Phi) is 4.79. The van der Waals surface area contributed by atoms with Crippen LogP contribution in [-0.2, 0) is 11.4 Å². The van der Waals surface area contributed by atoms with Crippen LogP contribution in [0.3, 0.4) is 0 Å². The van der Waals surface area contributed by atoms with Crippen LogP contribution in [0.15, 0.2) is 30.3 Å². The molecule has 1 heterocycles. The molecule has 19 heavy (non-hydrogen) atoms. The van der Waals surface area contributed by atoms with Crippen LogP contribution in [0.5, 0.6) is 0 Å².